The van der Waals surface area contributed by atoms with Gasteiger partial charge in [0.25, 0.3) is 5.91 Å². The number of hydrogen-bond donors (Lipinski definition) is 3. The third-order valence-corrected chi connectivity index (χ3v) is 5.98. The van der Waals surface area contributed by atoms with Gasteiger partial charge < -0.3 is 25.4 Å². The van der Waals surface area contributed by atoms with Crippen LogP contribution in [0.1, 0.15) is 56.6 Å². The van der Waals surface area contributed by atoms with Gasteiger partial charge in [0.1, 0.15) is 17.7 Å². The van der Waals surface area contributed by atoms with Crippen molar-refractivity contribution in [3.63, 3.8) is 0 Å². The van der Waals surface area contributed by atoms with Gasteiger partial charge in [-0.1, -0.05) is 24.3 Å². The Kier molecular flexibility index (Phi) is 8.22. The fourth-order valence-corrected chi connectivity index (χ4v) is 3.72. The Morgan fingerprint density at radius 1 is 1.11 bits per heavy atom. The number of likely N-dealkylation sites (N-methyl/N-ethyl adjacent to an activating group) is 1. The number of amides is 4. The van der Waals surface area contributed by atoms with Crippen molar-refractivity contribution in [3.05, 3.63) is 59.7 Å². The minimum absolute atomic E-state index is 0.131. The van der Waals surface area contributed by atoms with Gasteiger partial charge in [-0.2, -0.15) is 0 Å². The minimum Gasteiger partial charge on any atom is -0.444 e. The smallest absolute Gasteiger partial charge is 0.410 e. The molecule has 3 N–H and O–H groups in total. The summed E-state index contributed by atoms with van der Waals surface area (Å²) in [6.07, 6.45) is -1.35. The summed E-state index contributed by atoms with van der Waals surface area (Å²) in [6, 6.07) is 11.4. The fraction of sp³-hybridized carbons (Fsp3) is 0.407. The van der Waals surface area contributed by atoms with Crippen molar-refractivity contribution < 1.29 is 29.0 Å². The van der Waals surface area contributed by atoms with E-state index in [1.807, 2.05) is 0 Å². The molecule has 0 radical (unpaired) electrons. The van der Waals surface area contributed by atoms with Crippen LogP contribution in [0.15, 0.2) is 48.5 Å². The zero-order valence-corrected chi connectivity index (χ0v) is 21.9. The average molecular weight is 511 g/mol. The van der Waals surface area contributed by atoms with Gasteiger partial charge in [-0.05, 0) is 64.4 Å². The number of para-hydroxylation sites is 2. The molecule has 1 aliphatic rings. The number of nitrogens with zero attached hydrogens (tertiary/aromatic N) is 2. The third-order valence-electron chi connectivity index (χ3n) is 5.98. The van der Waals surface area contributed by atoms with Crippen molar-refractivity contribution in [1.82, 2.24) is 10.2 Å². The summed E-state index contributed by atoms with van der Waals surface area (Å²) in [5.74, 6) is -1.44. The maximum absolute atomic E-state index is 13.5. The molecule has 0 aliphatic carbocycles. The second-order valence-corrected chi connectivity index (χ2v) is 10.0. The van der Waals surface area contributed by atoms with Crippen LogP contribution in [-0.2, 0) is 14.3 Å². The predicted octanol–water partition coefficient (Wildman–Crippen LogP) is 3.08. The number of rotatable bonds is 5. The van der Waals surface area contributed by atoms with Crippen LogP contribution in [0.25, 0.3) is 0 Å². The van der Waals surface area contributed by atoms with E-state index in [0.29, 0.717) is 22.5 Å². The molecule has 1 heterocycles. The number of hydrogen-bond acceptors (Lipinski definition) is 6. The van der Waals surface area contributed by atoms with Gasteiger partial charge in [-0.25, -0.2) is 4.79 Å². The Morgan fingerprint density at radius 3 is 2.32 bits per heavy atom. The van der Waals surface area contributed by atoms with Gasteiger partial charge >= 0.3 is 6.09 Å². The van der Waals surface area contributed by atoms with Crippen LogP contribution in [0.4, 0.5) is 16.2 Å². The number of carbonyl (C=O) groups is 4. The van der Waals surface area contributed by atoms with Crippen LogP contribution in [0.5, 0.6) is 0 Å². The van der Waals surface area contributed by atoms with E-state index < -0.39 is 41.7 Å². The van der Waals surface area contributed by atoms with E-state index >= 15 is 0 Å². The van der Waals surface area contributed by atoms with Crippen molar-refractivity contribution in [3.8, 4) is 0 Å². The van der Waals surface area contributed by atoms with E-state index in [9.17, 15) is 24.3 Å². The summed E-state index contributed by atoms with van der Waals surface area (Å²) >= 11 is 0. The largest absolute Gasteiger partial charge is 0.444 e. The van der Waals surface area contributed by atoms with Crippen LogP contribution < -0.4 is 15.5 Å². The highest BCUT2D eigenvalue weighted by molar-refractivity contribution is 6.12. The van der Waals surface area contributed by atoms with Crippen LogP contribution in [0.3, 0.4) is 0 Å². The average Bonchev–Trinajstić information content (AvgIpc) is 2.97. The topological polar surface area (TPSA) is 128 Å². The molecule has 0 saturated carbocycles. The maximum Gasteiger partial charge on any atom is 0.410 e. The first-order chi connectivity index (χ1) is 17.3. The summed E-state index contributed by atoms with van der Waals surface area (Å²) in [5, 5.41) is 15.2. The summed E-state index contributed by atoms with van der Waals surface area (Å²) < 4.78 is 5.32. The highest BCUT2D eigenvalue weighted by Gasteiger charge is 2.35. The molecular weight excluding hydrogens is 476 g/mol. The second kappa shape index (κ2) is 11.0. The van der Waals surface area contributed by atoms with E-state index in [-0.39, 0.29) is 12.5 Å². The van der Waals surface area contributed by atoms with E-state index in [4.69, 9.17) is 4.74 Å². The molecule has 0 aromatic heterocycles. The van der Waals surface area contributed by atoms with E-state index in [2.05, 4.69) is 10.6 Å². The molecule has 0 saturated heterocycles. The lowest BCUT2D eigenvalue weighted by Crippen LogP contribution is -2.55. The molecule has 3 rings (SSSR count). The molecule has 0 spiro atoms. The number of aliphatic hydroxyl groups is 1. The molecule has 198 valence electrons. The molecule has 0 fully saturated rings. The molecule has 1 aliphatic heterocycles. The highest BCUT2D eigenvalue weighted by Crippen LogP contribution is 2.30. The van der Waals surface area contributed by atoms with Crippen LogP contribution in [0.2, 0.25) is 0 Å². The predicted molar refractivity (Wildman–Crippen MR) is 139 cm³/mol. The first-order valence-corrected chi connectivity index (χ1v) is 12.0. The molecule has 10 nitrogen and oxygen atoms in total. The number of anilines is 2. The van der Waals surface area contributed by atoms with Gasteiger partial charge in [-0.3, -0.25) is 19.3 Å². The quantitative estimate of drug-likeness (QED) is 0.567. The number of ether oxygens (including phenoxy) is 1. The summed E-state index contributed by atoms with van der Waals surface area (Å²) in [7, 11) is 1.44. The van der Waals surface area contributed by atoms with Gasteiger partial charge in [0, 0.05) is 12.6 Å². The molecule has 37 heavy (non-hydrogen) atoms. The Bertz CT molecular complexity index is 1170. The van der Waals surface area contributed by atoms with Crippen molar-refractivity contribution >= 4 is 35.2 Å². The van der Waals surface area contributed by atoms with Crippen LogP contribution in [-0.4, -0.2) is 65.1 Å². The molecular formula is C27H34N4O6. The third kappa shape index (κ3) is 6.65. The zero-order valence-electron chi connectivity index (χ0n) is 21.9. The van der Waals surface area contributed by atoms with E-state index in [0.717, 1.165) is 4.90 Å². The van der Waals surface area contributed by atoms with E-state index in [1.165, 1.54) is 18.9 Å². The zero-order chi connectivity index (χ0) is 27.5. The van der Waals surface area contributed by atoms with Crippen molar-refractivity contribution in [2.24, 2.45) is 0 Å². The normalized spacial score (nSPS) is 17.0. The number of fused-ring (bicyclic) bond motifs is 1. The monoisotopic (exact) mass is 510 g/mol. The van der Waals surface area contributed by atoms with Crippen molar-refractivity contribution in [1.29, 1.82) is 0 Å². The Hall–Kier alpha value is -3.92. The number of nitrogens with one attached hydrogen (secondary N) is 2. The first-order valence-electron chi connectivity index (χ1n) is 12.0. The Labute approximate surface area is 216 Å². The standard InChI is InChI=1S/C27H34N4O6/c1-16(30(6)26(36)37-27(3,4)5)23(33)29-21-15-31(22-10-8-7-9-20(22)28-24(21)34)25(35)19-13-11-18(12-14-19)17(2)32/h7-14,16-17,21,32H,15H2,1-6H3,(H,28,34)(H,29,33)/t16-,17?,21?/m0/s1. The van der Waals surface area contributed by atoms with E-state index in [1.54, 1.807) is 76.2 Å². The molecule has 3 atom stereocenters. The SMILES string of the molecule is CC(O)c1ccc(C(=O)N2CC(NC(=O)[C@H](C)N(C)C(=O)OC(C)(C)C)C(=O)Nc3ccccc32)cc1. The second-order valence-electron chi connectivity index (χ2n) is 10.0. The van der Waals surface area contributed by atoms with Crippen LogP contribution >= 0.6 is 0 Å². The molecule has 4 amide bonds. The van der Waals surface area contributed by atoms with Gasteiger partial charge in [0.2, 0.25) is 11.8 Å². The Balaban J connectivity index is 1.84. The molecule has 2 aromatic rings. The molecule has 0 bridgehead atoms. The van der Waals surface area contributed by atoms with Crippen molar-refractivity contribution in [2.45, 2.75) is 58.4 Å². The maximum atomic E-state index is 13.5. The van der Waals surface area contributed by atoms with Gasteiger partial charge in [0.05, 0.1) is 24.0 Å². The molecule has 2 aromatic carbocycles. The van der Waals surface area contributed by atoms with Gasteiger partial charge in [-0.15, -0.1) is 0 Å². The lowest BCUT2D eigenvalue weighted by molar-refractivity contribution is -0.129. The van der Waals surface area contributed by atoms with Gasteiger partial charge in [0.15, 0.2) is 0 Å². The molecule has 10 heteroatoms. The first kappa shape index (κ1) is 27.7. The highest BCUT2D eigenvalue weighted by atomic mass is 16.6. The Morgan fingerprint density at radius 2 is 1.73 bits per heavy atom. The minimum atomic E-state index is -1.09. The van der Waals surface area contributed by atoms with Crippen LogP contribution in [0, 0.1) is 0 Å². The summed E-state index contributed by atoms with van der Waals surface area (Å²) in [4.78, 5) is 54.6. The lowest BCUT2D eigenvalue weighted by Gasteiger charge is -2.29. The number of carbonyl (C=O) groups excluding carboxylic acids is 4. The summed E-state index contributed by atoms with van der Waals surface area (Å²) in [6.45, 7) is 8.19. The molecule has 2 unspecified atom stereocenters. The lowest BCUT2D eigenvalue weighted by atomic mass is 10.1. The fourth-order valence-electron chi connectivity index (χ4n) is 3.72. The number of aliphatic hydroxyl groups excluding tert-OH is 1. The summed E-state index contributed by atoms with van der Waals surface area (Å²) in [5.41, 5.74) is 1.20. The van der Waals surface area contributed by atoms with Crippen molar-refractivity contribution in [2.75, 3.05) is 23.8 Å². The number of benzene rings is 2.